The van der Waals surface area contributed by atoms with Crippen molar-refractivity contribution in [3.05, 3.63) is 54.1 Å². The molecule has 2 heterocycles. The zero-order valence-corrected chi connectivity index (χ0v) is 16.6. The molecule has 1 unspecified atom stereocenters. The first-order valence-corrected chi connectivity index (χ1v) is 9.89. The minimum absolute atomic E-state index is 0.213. The largest absolute Gasteiger partial charge is 0.491 e. The Labute approximate surface area is 166 Å². The van der Waals surface area contributed by atoms with E-state index in [4.69, 9.17) is 14.5 Å². The van der Waals surface area contributed by atoms with Gasteiger partial charge in [-0.25, -0.2) is 4.99 Å². The van der Waals surface area contributed by atoms with Crippen LogP contribution in [0.4, 0.5) is 11.4 Å². The van der Waals surface area contributed by atoms with Crippen molar-refractivity contribution in [1.29, 1.82) is 0 Å². The topological polar surface area (TPSA) is 49.3 Å². The minimum Gasteiger partial charge on any atom is -0.491 e. The van der Waals surface area contributed by atoms with Crippen LogP contribution in [0.25, 0.3) is 0 Å². The Morgan fingerprint density at radius 3 is 2.57 bits per heavy atom. The lowest BCUT2D eigenvalue weighted by Gasteiger charge is -2.41. The van der Waals surface area contributed by atoms with Crippen molar-refractivity contribution < 1.29 is 9.47 Å². The van der Waals surface area contributed by atoms with E-state index in [0.717, 1.165) is 49.1 Å². The number of para-hydroxylation sites is 2. The average molecular weight is 380 g/mol. The fraction of sp³-hybridized carbons (Fsp3) is 0.409. The predicted molar refractivity (Wildman–Crippen MR) is 113 cm³/mol. The lowest BCUT2D eigenvalue weighted by Crippen LogP contribution is -2.55. The van der Waals surface area contributed by atoms with Gasteiger partial charge in [-0.3, -0.25) is 0 Å². The molecule has 0 bridgehead atoms. The molecule has 6 heteroatoms. The summed E-state index contributed by atoms with van der Waals surface area (Å²) in [6.07, 6.45) is -0.213. The van der Waals surface area contributed by atoms with Crippen LogP contribution in [0.5, 0.6) is 5.75 Å². The Kier molecular flexibility index (Phi) is 5.78. The molecule has 1 N–H and O–H groups in total. The molecular weight excluding hydrogens is 352 g/mol. The summed E-state index contributed by atoms with van der Waals surface area (Å²) in [5.74, 6) is 1.85. The third kappa shape index (κ3) is 4.13. The maximum Gasteiger partial charge on any atom is 0.189 e. The summed E-state index contributed by atoms with van der Waals surface area (Å²) >= 11 is 0. The third-order valence-corrected chi connectivity index (χ3v) is 5.16. The van der Waals surface area contributed by atoms with Gasteiger partial charge in [0.15, 0.2) is 12.1 Å². The molecule has 0 aromatic heterocycles. The summed E-state index contributed by atoms with van der Waals surface area (Å²) in [6.45, 7) is 6.88. The number of rotatable bonds is 5. The summed E-state index contributed by atoms with van der Waals surface area (Å²) in [7, 11) is 2.07. The van der Waals surface area contributed by atoms with Crippen LogP contribution in [0.3, 0.4) is 0 Å². The third-order valence-electron chi connectivity index (χ3n) is 5.16. The Morgan fingerprint density at radius 2 is 1.79 bits per heavy atom. The second-order valence-corrected chi connectivity index (χ2v) is 7.19. The Hall–Kier alpha value is -2.57. The van der Waals surface area contributed by atoms with Crippen molar-refractivity contribution in [2.75, 3.05) is 51.3 Å². The van der Waals surface area contributed by atoms with Crippen LogP contribution in [-0.2, 0) is 4.74 Å². The van der Waals surface area contributed by atoms with Gasteiger partial charge < -0.3 is 24.6 Å². The lowest BCUT2D eigenvalue weighted by atomic mass is 10.2. The lowest BCUT2D eigenvalue weighted by molar-refractivity contribution is 0.0631. The van der Waals surface area contributed by atoms with Gasteiger partial charge in [0.2, 0.25) is 0 Å². The molecule has 2 aromatic rings. The minimum atomic E-state index is -0.213. The maximum atomic E-state index is 6.27. The number of aliphatic imine (C=N–C) groups is 1. The van der Waals surface area contributed by atoms with Crippen molar-refractivity contribution in [2.45, 2.75) is 13.2 Å². The molecule has 0 amide bonds. The van der Waals surface area contributed by atoms with Crippen LogP contribution in [0.2, 0.25) is 0 Å². The van der Waals surface area contributed by atoms with Crippen LogP contribution >= 0.6 is 0 Å². The number of nitrogens with zero attached hydrogens (tertiary/aromatic N) is 3. The molecule has 0 spiro atoms. The smallest absolute Gasteiger partial charge is 0.189 e. The number of aryl methyl sites for hydroxylation is 1. The molecule has 1 saturated heterocycles. The van der Waals surface area contributed by atoms with E-state index in [1.165, 1.54) is 5.56 Å². The van der Waals surface area contributed by atoms with Crippen molar-refractivity contribution in [3.8, 4) is 5.75 Å². The molecule has 2 aliphatic rings. The quantitative estimate of drug-likeness (QED) is 0.809. The number of benzene rings is 2. The first-order chi connectivity index (χ1) is 13.7. The highest BCUT2D eigenvalue weighted by Crippen LogP contribution is 2.34. The van der Waals surface area contributed by atoms with Crippen LogP contribution in [0, 0.1) is 6.92 Å². The highest BCUT2D eigenvalue weighted by molar-refractivity contribution is 5.96. The molecule has 2 aromatic carbocycles. The molecule has 28 heavy (non-hydrogen) atoms. The predicted octanol–water partition coefficient (Wildman–Crippen LogP) is 2.80. The number of anilines is 1. The van der Waals surface area contributed by atoms with E-state index in [1.807, 2.05) is 24.3 Å². The van der Waals surface area contributed by atoms with Gasteiger partial charge in [0.1, 0.15) is 12.4 Å². The Bertz CT molecular complexity index is 816. The first kappa shape index (κ1) is 18.8. The van der Waals surface area contributed by atoms with E-state index in [2.05, 4.69) is 53.4 Å². The van der Waals surface area contributed by atoms with Crippen molar-refractivity contribution in [1.82, 2.24) is 10.2 Å². The molecule has 4 rings (SSSR count). The number of amidine groups is 1. The van der Waals surface area contributed by atoms with Crippen LogP contribution in [-0.4, -0.2) is 63.4 Å². The average Bonchev–Trinajstić information content (AvgIpc) is 2.74. The number of likely N-dealkylation sites (N-methyl/N-ethyl adjacent to an activating group) is 1. The normalized spacial score (nSPS) is 19.2. The fourth-order valence-electron chi connectivity index (χ4n) is 3.60. The number of fused-ring (bicyclic) bond motifs is 1. The van der Waals surface area contributed by atoms with Crippen LogP contribution in [0.15, 0.2) is 53.5 Å². The monoisotopic (exact) mass is 380 g/mol. The molecule has 1 fully saturated rings. The molecule has 0 radical (unpaired) electrons. The zero-order chi connectivity index (χ0) is 19.3. The van der Waals surface area contributed by atoms with E-state index in [1.54, 1.807) is 0 Å². The summed E-state index contributed by atoms with van der Waals surface area (Å²) < 4.78 is 12.1. The Morgan fingerprint density at radius 1 is 1.04 bits per heavy atom. The first-order valence-electron chi connectivity index (χ1n) is 9.89. The number of ether oxygens (including phenoxy) is 2. The number of nitrogens with one attached hydrogen (secondary N) is 1. The molecule has 6 nitrogen and oxygen atoms in total. The van der Waals surface area contributed by atoms with Gasteiger partial charge in [-0.2, -0.15) is 0 Å². The van der Waals surface area contributed by atoms with E-state index >= 15 is 0 Å². The van der Waals surface area contributed by atoms with Gasteiger partial charge in [0.05, 0.1) is 18.0 Å². The SMILES string of the molecule is Cc1ccc(OCCOC2C(N3CCNCC3)=Nc3ccccc3N2C)cc1. The zero-order valence-electron chi connectivity index (χ0n) is 16.6. The molecule has 0 saturated carbocycles. The van der Waals surface area contributed by atoms with Crippen LogP contribution < -0.4 is 15.0 Å². The summed E-state index contributed by atoms with van der Waals surface area (Å²) in [5, 5.41) is 3.40. The summed E-state index contributed by atoms with van der Waals surface area (Å²) in [5.41, 5.74) is 3.31. The molecule has 1 atom stereocenters. The van der Waals surface area contributed by atoms with E-state index in [0.29, 0.717) is 13.2 Å². The molecule has 148 valence electrons. The number of hydrogen-bond acceptors (Lipinski definition) is 6. The van der Waals surface area contributed by atoms with Gasteiger partial charge >= 0.3 is 0 Å². The van der Waals surface area contributed by atoms with Crippen molar-refractivity contribution >= 4 is 17.2 Å². The van der Waals surface area contributed by atoms with Crippen LogP contribution in [0.1, 0.15) is 5.56 Å². The van der Waals surface area contributed by atoms with Gasteiger partial charge in [-0.05, 0) is 31.2 Å². The summed E-state index contributed by atoms with van der Waals surface area (Å²) in [4.78, 5) is 9.45. The van der Waals surface area contributed by atoms with E-state index in [-0.39, 0.29) is 6.23 Å². The molecule has 0 aliphatic carbocycles. The Balaban J connectivity index is 1.44. The second kappa shape index (κ2) is 8.63. The highest BCUT2D eigenvalue weighted by Gasteiger charge is 2.32. The number of piperazine rings is 1. The highest BCUT2D eigenvalue weighted by atomic mass is 16.5. The summed E-state index contributed by atoms with van der Waals surface area (Å²) in [6, 6.07) is 16.3. The van der Waals surface area contributed by atoms with Crippen molar-refractivity contribution in [3.63, 3.8) is 0 Å². The number of hydrogen-bond donors (Lipinski definition) is 1. The maximum absolute atomic E-state index is 6.27. The van der Waals surface area contributed by atoms with Gasteiger partial charge in [-0.1, -0.05) is 29.8 Å². The molecule has 2 aliphatic heterocycles. The van der Waals surface area contributed by atoms with Crippen molar-refractivity contribution in [2.24, 2.45) is 4.99 Å². The standard InChI is InChI=1S/C22H28N4O2/c1-17-7-9-18(10-8-17)27-15-16-28-22-21(26-13-11-23-12-14-26)24-19-5-3-4-6-20(19)25(22)2/h3-10,22-23H,11-16H2,1-2H3. The second-order valence-electron chi connectivity index (χ2n) is 7.19. The van der Waals surface area contributed by atoms with E-state index < -0.39 is 0 Å². The van der Waals surface area contributed by atoms with Gasteiger partial charge in [-0.15, -0.1) is 0 Å². The van der Waals surface area contributed by atoms with Gasteiger partial charge in [0.25, 0.3) is 0 Å². The van der Waals surface area contributed by atoms with E-state index in [9.17, 15) is 0 Å². The fourth-order valence-corrected chi connectivity index (χ4v) is 3.60. The molecular formula is C22H28N4O2. The van der Waals surface area contributed by atoms with Gasteiger partial charge in [0, 0.05) is 33.2 Å².